The van der Waals surface area contributed by atoms with Crippen LogP contribution in [0.4, 0.5) is 5.69 Å². The summed E-state index contributed by atoms with van der Waals surface area (Å²) in [6.45, 7) is 10.6. The van der Waals surface area contributed by atoms with Gasteiger partial charge in [0.05, 0.1) is 0 Å². The molecular weight excluding hydrogens is 290 g/mol. The van der Waals surface area contributed by atoms with Gasteiger partial charge in [-0.15, -0.1) is 0 Å². The van der Waals surface area contributed by atoms with Crippen molar-refractivity contribution in [2.24, 2.45) is 5.73 Å². The molecule has 0 bridgehead atoms. The molecule has 3 N–H and O–H groups in total. The van der Waals surface area contributed by atoms with Gasteiger partial charge in [-0.3, -0.25) is 4.90 Å². The van der Waals surface area contributed by atoms with E-state index in [2.05, 4.69) is 37.9 Å². The van der Waals surface area contributed by atoms with Crippen molar-refractivity contribution in [3.63, 3.8) is 0 Å². The SMILES string of the molecule is CC(C)N(CCNc1cc(Cl)ccc1C(N)=S)C(C)C. The Balaban J connectivity index is 2.70. The van der Waals surface area contributed by atoms with E-state index in [9.17, 15) is 0 Å². The van der Waals surface area contributed by atoms with E-state index in [1.807, 2.05) is 12.1 Å². The molecule has 112 valence electrons. The van der Waals surface area contributed by atoms with Gasteiger partial charge in [-0.25, -0.2) is 0 Å². The van der Waals surface area contributed by atoms with Gasteiger partial charge < -0.3 is 11.1 Å². The first-order valence-electron chi connectivity index (χ1n) is 6.92. The molecule has 0 aromatic heterocycles. The van der Waals surface area contributed by atoms with Crippen molar-refractivity contribution in [1.82, 2.24) is 4.90 Å². The summed E-state index contributed by atoms with van der Waals surface area (Å²) in [6, 6.07) is 6.56. The molecule has 0 amide bonds. The Morgan fingerprint density at radius 3 is 2.40 bits per heavy atom. The monoisotopic (exact) mass is 313 g/mol. The van der Waals surface area contributed by atoms with E-state index >= 15 is 0 Å². The molecule has 0 heterocycles. The van der Waals surface area contributed by atoms with Gasteiger partial charge in [-0.1, -0.05) is 23.8 Å². The fraction of sp³-hybridized carbons (Fsp3) is 0.533. The minimum absolute atomic E-state index is 0.383. The van der Waals surface area contributed by atoms with Crippen molar-refractivity contribution in [2.75, 3.05) is 18.4 Å². The molecular formula is C15H24ClN3S. The highest BCUT2D eigenvalue weighted by atomic mass is 35.5. The van der Waals surface area contributed by atoms with Gasteiger partial charge in [-0.05, 0) is 45.9 Å². The zero-order valence-electron chi connectivity index (χ0n) is 12.6. The number of hydrogen-bond acceptors (Lipinski definition) is 3. The van der Waals surface area contributed by atoms with Crippen molar-refractivity contribution in [1.29, 1.82) is 0 Å². The summed E-state index contributed by atoms with van der Waals surface area (Å²) < 4.78 is 0. The van der Waals surface area contributed by atoms with E-state index in [-0.39, 0.29) is 0 Å². The first kappa shape index (κ1) is 17.2. The van der Waals surface area contributed by atoms with E-state index in [0.717, 1.165) is 24.3 Å². The molecule has 0 unspecified atom stereocenters. The lowest BCUT2D eigenvalue weighted by Gasteiger charge is -2.30. The maximum Gasteiger partial charge on any atom is 0.106 e. The van der Waals surface area contributed by atoms with Crippen LogP contribution in [0.15, 0.2) is 18.2 Å². The molecule has 1 aromatic carbocycles. The molecule has 0 aliphatic heterocycles. The van der Waals surface area contributed by atoms with Crippen LogP contribution in [-0.2, 0) is 0 Å². The van der Waals surface area contributed by atoms with Crippen molar-refractivity contribution >= 4 is 34.5 Å². The zero-order valence-corrected chi connectivity index (χ0v) is 14.2. The molecule has 0 aliphatic rings. The summed E-state index contributed by atoms with van der Waals surface area (Å²) in [7, 11) is 0. The lowest BCUT2D eigenvalue weighted by Crippen LogP contribution is -2.40. The zero-order chi connectivity index (χ0) is 15.3. The highest BCUT2D eigenvalue weighted by Gasteiger charge is 2.13. The van der Waals surface area contributed by atoms with Crippen LogP contribution in [-0.4, -0.2) is 35.1 Å². The number of halogens is 1. The van der Waals surface area contributed by atoms with E-state index in [1.54, 1.807) is 6.07 Å². The maximum atomic E-state index is 6.03. The van der Waals surface area contributed by atoms with Crippen LogP contribution in [0.2, 0.25) is 5.02 Å². The van der Waals surface area contributed by atoms with Gasteiger partial charge in [0.1, 0.15) is 4.99 Å². The number of nitrogens with one attached hydrogen (secondary N) is 1. The average molecular weight is 314 g/mol. The molecule has 0 radical (unpaired) electrons. The predicted octanol–water partition coefficient (Wildman–Crippen LogP) is 3.50. The Labute approximate surface area is 132 Å². The van der Waals surface area contributed by atoms with Crippen LogP contribution in [0.5, 0.6) is 0 Å². The van der Waals surface area contributed by atoms with Crippen LogP contribution in [0.25, 0.3) is 0 Å². The molecule has 1 aromatic rings. The third-order valence-electron chi connectivity index (χ3n) is 3.26. The second-order valence-electron chi connectivity index (χ2n) is 5.41. The lowest BCUT2D eigenvalue weighted by molar-refractivity contribution is 0.182. The van der Waals surface area contributed by atoms with Crippen LogP contribution in [0.1, 0.15) is 33.3 Å². The molecule has 3 nitrogen and oxygen atoms in total. The predicted molar refractivity (Wildman–Crippen MR) is 92.8 cm³/mol. The summed E-state index contributed by atoms with van der Waals surface area (Å²) in [5, 5.41) is 4.06. The molecule has 1 rings (SSSR count). The van der Waals surface area contributed by atoms with Gasteiger partial charge >= 0.3 is 0 Å². The summed E-state index contributed by atoms with van der Waals surface area (Å²) in [6.07, 6.45) is 0. The van der Waals surface area contributed by atoms with Crippen molar-refractivity contribution < 1.29 is 0 Å². The molecule has 0 saturated carbocycles. The Morgan fingerprint density at radius 1 is 1.30 bits per heavy atom. The molecule has 20 heavy (non-hydrogen) atoms. The van der Waals surface area contributed by atoms with Crippen molar-refractivity contribution in [2.45, 2.75) is 39.8 Å². The lowest BCUT2D eigenvalue weighted by atomic mass is 10.1. The van der Waals surface area contributed by atoms with E-state index in [1.165, 1.54) is 0 Å². The number of thiocarbonyl (C=S) groups is 1. The topological polar surface area (TPSA) is 41.3 Å². The summed E-state index contributed by atoms with van der Waals surface area (Å²) in [4.78, 5) is 2.81. The third kappa shape index (κ3) is 4.93. The first-order chi connectivity index (χ1) is 9.32. The van der Waals surface area contributed by atoms with Gasteiger partial charge in [0.25, 0.3) is 0 Å². The molecule has 0 spiro atoms. The number of rotatable bonds is 7. The maximum absolute atomic E-state index is 6.03. The Hall–Kier alpha value is -0.840. The highest BCUT2D eigenvalue weighted by molar-refractivity contribution is 7.80. The Kier molecular flexibility index (Phi) is 6.72. The second kappa shape index (κ2) is 7.81. The number of anilines is 1. The fourth-order valence-electron chi connectivity index (χ4n) is 2.31. The quantitative estimate of drug-likeness (QED) is 0.756. The largest absolute Gasteiger partial charge is 0.389 e. The number of hydrogen-bond donors (Lipinski definition) is 2. The molecule has 0 saturated heterocycles. The standard InChI is InChI=1S/C15H24ClN3S/c1-10(2)19(11(3)4)8-7-18-14-9-12(16)5-6-13(14)15(17)20/h5-6,9-11,18H,7-8H2,1-4H3,(H2,17,20). The molecule has 0 atom stereocenters. The molecule has 5 heteroatoms. The summed E-state index contributed by atoms with van der Waals surface area (Å²) in [5.74, 6) is 0. The van der Waals surface area contributed by atoms with E-state index in [0.29, 0.717) is 22.1 Å². The molecule has 0 fully saturated rings. The normalized spacial score (nSPS) is 11.4. The highest BCUT2D eigenvalue weighted by Crippen LogP contribution is 2.21. The van der Waals surface area contributed by atoms with Crippen LogP contribution >= 0.6 is 23.8 Å². The van der Waals surface area contributed by atoms with Crippen molar-refractivity contribution in [3.8, 4) is 0 Å². The summed E-state index contributed by atoms with van der Waals surface area (Å²) in [5.41, 5.74) is 7.47. The van der Waals surface area contributed by atoms with Gasteiger partial charge in [0, 0.05) is 41.4 Å². The Bertz CT molecular complexity index is 452. The fourth-order valence-corrected chi connectivity index (χ4v) is 2.66. The van der Waals surface area contributed by atoms with Crippen molar-refractivity contribution in [3.05, 3.63) is 28.8 Å². The number of benzene rings is 1. The van der Waals surface area contributed by atoms with Gasteiger partial charge in [0.2, 0.25) is 0 Å². The number of nitrogens with two attached hydrogens (primary N) is 1. The second-order valence-corrected chi connectivity index (χ2v) is 6.28. The summed E-state index contributed by atoms with van der Waals surface area (Å²) >= 11 is 11.1. The average Bonchev–Trinajstić information content (AvgIpc) is 2.33. The van der Waals surface area contributed by atoms with Crippen LogP contribution in [0, 0.1) is 0 Å². The molecule has 0 aliphatic carbocycles. The van der Waals surface area contributed by atoms with Gasteiger partial charge in [0.15, 0.2) is 0 Å². The minimum atomic E-state index is 0.383. The van der Waals surface area contributed by atoms with Crippen LogP contribution in [0.3, 0.4) is 0 Å². The van der Waals surface area contributed by atoms with Crippen LogP contribution < -0.4 is 11.1 Å². The smallest absolute Gasteiger partial charge is 0.106 e. The van der Waals surface area contributed by atoms with Gasteiger partial charge in [-0.2, -0.15) is 0 Å². The number of nitrogens with zero attached hydrogens (tertiary/aromatic N) is 1. The Morgan fingerprint density at radius 2 is 1.90 bits per heavy atom. The minimum Gasteiger partial charge on any atom is -0.389 e. The van der Waals surface area contributed by atoms with E-state index < -0.39 is 0 Å². The van der Waals surface area contributed by atoms with E-state index in [4.69, 9.17) is 29.6 Å². The first-order valence-corrected chi connectivity index (χ1v) is 7.70. The third-order valence-corrected chi connectivity index (χ3v) is 3.71.